The number of aromatic nitrogens is 1. The van der Waals surface area contributed by atoms with Crippen molar-refractivity contribution in [3.05, 3.63) is 58.6 Å². The molecule has 0 saturated carbocycles. The Balaban J connectivity index is 2.13. The lowest BCUT2D eigenvalue weighted by molar-refractivity contribution is 0.521. The lowest BCUT2D eigenvalue weighted by Crippen LogP contribution is -2.48. The first kappa shape index (κ1) is 14.0. The molecule has 0 bridgehead atoms. The average Bonchev–Trinajstić information content (AvgIpc) is 2.77. The molecule has 1 atom stereocenters. The van der Waals surface area contributed by atoms with Gasteiger partial charge in [0.15, 0.2) is 5.96 Å². The van der Waals surface area contributed by atoms with Crippen molar-refractivity contribution in [2.45, 2.75) is 12.5 Å². The fraction of sp³-hybridized carbons (Fsp3) is 0.200. The summed E-state index contributed by atoms with van der Waals surface area (Å²) in [6.07, 6.45) is 2.84. The van der Waals surface area contributed by atoms with Gasteiger partial charge in [-0.15, -0.1) is 0 Å². The minimum Gasteiger partial charge on any atom is -0.369 e. The zero-order chi connectivity index (χ0) is 15.0. The second kappa shape index (κ2) is 5.11. The van der Waals surface area contributed by atoms with Crippen LogP contribution in [0, 0.1) is 5.82 Å². The number of rotatable bonds is 2. The summed E-state index contributed by atoms with van der Waals surface area (Å²) >= 11 is 3.53. The summed E-state index contributed by atoms with van der Waals surface area (Å²) in [6, 6.07) is 9.22. The smallest absolute Gasteiger partial charge is 0.196 e. The lowest BCUT2D eigenvalue weighted by Gasteiger charge is -2.36. The molecule has 0 amide bonds. The van der Waals surface area contributed by atoms with Gasteiger partial charge in [-0.3, -0.25) is 14.9 Å². The van der Waals surface area contributed by atoms with Crippen LogP contribution in [0.1, 0.15) is 12.5 Å². The van der Waals surface area contributed by atoms with E-state index in [0.29, 0.717) is 12.5 Å². The Bertz CT molecular complexity index is 718. The third-order valence-corrected chi connectivity index (χ3v) is 4.36. The van der Waals surface area contributed by atoms with Crippen LogP contribution >= 0.6 is 15.9 Å². The summed E-state index contributed by atoms with van der Waals surface area (Å²) in [5.41, 5.74) is 7.14. The van der Waals surface area contributed by atoms with E-state index in [1.165, 1.54) is 12.3 Å². The molecule has 3 rings (SSSR count). The first-order valence-electron chi connectivity index (χ1n) is 6.48. The summed E-state index contributed by atoms with van der Waals surface area (Å²) in [4.78, 5) is 10.2. The number of benzene rings is 1. The summed E-state index contributed by atoms with van der Waals surface area (Å²) in [5, 5.41) is 0. The number of guanidine groups is 1. The van der Waals surface area contributed by atoms with Crippen LogP contribution in [-0.4, -0.2) is 17.5 Å². The number of aliphatic imine (C=N–C) groups is 1. The van der Waals surface area contributed by atoms with Crippen LogP contribution in [0.2, 0.25) is 0 Å². The molecule has 0 radical (unpaired) electrons. The summed E-state index contributed by atoms with van der Waals surface area (Å²) in [6.45, 7) is 2.43. The predicted molar refractivity (Wildman–Crippen MR) is 84.7 cm³/mol. The summed E-state index contributed by atoms with van der Waals surface area (Å²) in [5.74, 6) is 0.0416. The molecule has 0 fully saturated rings. The molecular formula is C15H14BrFN4. The Morgan fingerprint density at radius 3 is 2.81 bits per heavy atom. The highest BCUT2D eigenvalue weighted by Crippen LogP contribution is 2.39. The number of pyridine rings is 1. The Labute approximate surface area is 130 Å². The van der Waals surface area contributed by atoms with Gasteiger partial charge in [0.05, 0.1) is 24.0 Å². The van der Waals surface area contributed by atoms with Crippen LogP contribution in [-0.2, 0) is 5.54 Å². The highest BCUT2D eigenvalue weighted by atomic mass is 79.9. The van der Waals surface area contributed by atoms with E-state index in [2.05, 4.69) is 25.9 Å². The molecule has 1 aliphatic heterocycles. The van der Waals surface area contributed by atoms with Gasteiger partial charge in [0.2, 0.25) is 0 Å². The Morgan fingerprint density at radius 2 is 2.10 bits per heavy atom. The second-order valence-electron chi connectivity index (χ2n) is 5.13. The van der Waals surface area contributed by atoms with Crippen molar-refractivity contribution in [2.75, 3.05) is 11.4 Å². The number of hydrogen-bond donors (Lipinski definition) is 1. The van der Waals surface area contributed by atoms with E-state index in [1.807, 2.05) is 36.1 Å². The van der Waals surface area contributed by atoms with Gasteiger partial charge < -0.3 is 5.73 Å². The fourth-order valence-corrected chi connectivity index (χ4v) is 3.04. The van der Waals surface area contributed by atoms with Gasteiger partial charge in [-0.2, -0.15) is 0 Å². The van der Waals surface area contributed by atoms with Crippen LogP contribution in [0.25, 0.3) is 0 Å². The topological polar surface area (TPSA) is 54.5 Å². The zero-order valence-electron chi connectivity index (χ0n) is 11.4. The summed E-state index contributed by atoms with van der Waals surface area (Å²) < 4.78 is 14.4. The molecule has 0 aliphatic carbocycles. The normalized spacial score (nSPS) is 21.5. The first-order valence-corrected chi connectivity index (χ1v) is 7.27. The Hall–Kier alpha value is -1.95. The molecule has 6 heteroatoms. The minimum absolute atomic E-state index is 0.369. The molecule has 1 aliphatic rings. The number of nitrogens with two attached hydrogens (primary N) is 1. The molecule has 1 aromatic heterocycles. The van der Waals surface area contributed by atoms with Crippen LogP contribution in [0.4, 0.5) is 10.1 Å². The van der Waals surface area contributed by atoms with Crippen molar-refractivity contribution >= 4 is 27.6 Å². The number of nitrogens with zero attached hydrogens (tertiary/aromatic N) is 3. The third-order valence-electron chi connectivity index (χ3n) is 3.69. The van der Waals surface area contributed by atoms with Gasteiger partial charge in [0.25, 0.3) is 0 Å². The Morgan fingerprint density at radius 1 is 1.33 bits per heavy atom. The molecule has 1 unspecified atom stereocenters. The zero-order valence-corrected chi connectivity index (χ0v) is 13.0. The number of hydrogen-bond acceptors (Lipinski definition) is 4. The van der Waals surface area contributed by atoms with Gasteiger partial charge in [-0.05, 0) is 41.1 Å². The predicted octanol–water partition coefficient (Wildman–Crippen LogP) is 3.03. The molecule has 21 heavy (non-hydrogen) atoms. The number of para-hydroxylation sites is 1. The maximum Gasteiger partial charge on any atom is 0.196 e. The standard InChI is InChI=1S/C15H14BrFN4/c1-15(10-6-11(17)8-19-7-10)9-20-14(18)21(15)13-5-3-2-4-12(13)16/h2-8H,9H2,1H3,(H2,18,20). The lowest BCUT2D eigenvalue weighted by atomic mass is 9.92. The van der Waals surface area contributed by atoms with E-state index < -0.39 is 5.54 Å². The van der Waals surface area contributed by atoms with E-state index >= 15 is 0 Å². The molecule has 1 aromatic carbocycles. The van der Waals surface area contributed by atoms with Gasteiger partial charge in [0.1, 0.15) is 5.82 Å². The van der Waals surface area contributed by atoms with Gasteiger partial charge >= 0.3 is 0 Å². The van der Waals surface area contributed by atoms with E-state index in [4.69, 9.17) is 5.73 Å². The number of halogens is 2. The Kier molecular flexibility index (Phi) is 3.41. The van der Waals surface area contributed by atoms with Crippen LogP contribution in [0.5, 0.6) is 0 Å². The maximum atomic E-state index is 13.5. The minimum atomic E-state index is -0.566. The molecule has 0 spiro atoms. The van der Waals surface area contributed by atoms with Crippen molar-refractivity contribution < 1.29 is 4.39 Å². The van der Waals surface area contributed by atoms with Crippen molar-refractivity contribution in [3.63, 3.8) is 0 Å². The number of anilines is 1. The summed E-state index contributed by atoms with van der Waals surface area (Å²) in [7, 11) is 0. The van der Waals surface area contributed by atoms with E-state index in [1.54, 1.807) is 6.20 Å². The van der Waals surface area contributed by atoms with Crippen molar-refractivity contribution in [2.24, 2.45) is 10.7 Å². The molecule has 2 aromatic rings. The fourth-order valence-electron chi connectivity index (χ4n) is 2.58. The van der Waals surface area contributed by atoms with Gasteiger partial charge in [-0.1, -0.05) is 12.1 Å². The van der Waals surface area contributed by atoms with Crippen LogP contribution in [0.15, 0.2) is 52.2 Å². The van der Waals surface area contributed by atoms with Crippen molar-refractivity contribution in [1.29, 1.82) is 0 Å². The van der Waals surface area contributed by atoms with Crippen molar-refractivity contribution in [1.82, 2.24) is 4.98 Å². The molecule has 0 saturated heterocycles. The highest BCUT2D eigenvalue weighted by Gasteiger charge is 2.41. The maximum absolute atomic E-state index is 13.5. The van der Waals surface area contributed by atoms with E-state index in [0.717, 1.165) is 15.7 Å². The quantitative estimate of drug-likeness (QED) is 0.907. The molecule has 4 nitrogen and oxygen atoms in total. The van der Waals surface area contributed by atoms with Crippen LogP contribution in [0.3, 0.4) is 0 Å². The average molecular weight is 349 g/mol. The van der Waals surface area contributed by atoms with Crippen LogP contribution < -0.4 is 10.6 Å². The molecule has 108 valence electrons. The van der Waals surface area contributed by atoms with Gasteiger partial charge in [-0.25, -0.2) is 4.39 Å². The molecule has 2 heterocycles. The molecular weight excluding hydrogens is 335 g/mol. The largest absolute Gasteiger partial charge is 0.369 e. The SMILES string of the molecule is CC1(c2cncc(F)c2)CN=C(N)N1c1ccccc1Br. The van der Waals surface area contributed by atoms with E-state index in [-0.39, 0.29) is 5.82 Å². The van der Waals surface area contributed by atoms with E-state index in [9.17, 15) is 4.39 Å². The second-order valence-corrected chi connectivity index (χ2v) is 5.98. The highest BCUT2D eigenvalue weighted by molar-refractivity contribution is 9.10. The third kappa shape index (κ3) is 2.29. The van der Waals surface area contributed by atoms with Gasteiger partial charge in [0, 0.05) is 16.2 Å². The molecule has 2 N–H and O–H groups in total. The monoisotopic (exact) mass is 348 g/mol. The first-order chi connectivity index (χ1) is 10.0. The van der Waals surface area contributed by atoms with Crippen molar-refractivity contribution in [3.8, 4) is 0 Å².